The first-order chi connectivity index (χ1) is 11.3. The molecule has 1 heterocycles. The zero-order valence-electron chi connectivity index (χ0n) is 15.1. The van der Waals surface area contributed by atoms with Gasteiger partial charge < -0.3 is 15.4 Å². The number of nitrogens with one attached hydrogen (secondary N) is 2. The van der Waals surface area contributed by atoms with Crippen LogP contribution < -0.4 is 10.6 Å². The second kappa shape index (κ2) is 10.9. The first-order valence-corrected chi connectivity index (χ1v) is 9.67. The Bertz CT molecular complexity index is 344. The van der Waals surface area contributed by atoms with Gasteiger partial charge in [0.1, 0.15) is 0 Å². The van der Waals surface area contributed by atoms with Crippen LogP contribution >= 0.6 is 0 Å². The van der Waals surface area contributed by atoms with Crippen LogP contribution in [0.1, 0.15) is 52.4 Å². The minimum absolute atomic E-state index is 0.617. The van der Waals surface area contributed by atoms with Crippen molar-refractivity contribution >= 4 is 5.96 Å². The maximum Gasteiger partial charge on any atom is 0.191 e. The zero-order chi connectivity index (χ0) is 16.3. The van der Waals surface area contributed by atoms with Crippen molar-refractivity contribution in [1.82, 2.24) is 15.5 Å². The first-order valence-electron chi connectivity index (χ1n) is 9.67. The van der Waals surface area contributed by atoms with Crippen molar-refractivity contribution in [3.05, 3.63) is 0 Å². The van der Waals surface area contributed by atoms with Gasteiger partial charge in [0.15, 0.2) is 5.96 Å². The molecule has 5 nitrogen and oxygen atoms in total. The Labute approximate surface area is 142 Å². The number of likely N-dealkylation sites (N-methyl/N-ethyl adjacent to an activating group) is 1. The van der Waals surface area contributed by atoms with E-state index in [1.165, 1.54) is 38.6 Å². The van der Waals surface area contributed by atoms with Gasteiger partial charge in [-0.1, -0.05) is 13.3 Å². The maximum absolute atomic E-state index is 5.68. The molecule has 1 aliphatic heterocycles. The summed E-state index contributed by atoms with van der Waals surface area (Å²) in [7, 11) is 0. The third kappa shape index (κ3) is 7.53. The first kappa shape index (κ1) is 18.5. The van der Waals surface area contributed by atoms with Gasteiger partial charge in [0.2, 0.25) is 0 Å². The van der Waals surface area contributed by atoms with Crippen LogP contribution in [0.25, 0.3) is 0 Å². The normalized spacial score (nSPS) is 23.0. The molecule has 0 spiro atoms. The molecule has 1 aliphatic carbocycles. The number of aliphatic imine (C=N–C) groups is 1. The van der Waals surface area contributed by atoms with Gasteiger partial charge in [0.05, 0.1) is 6.54 Å². The van der Waals surface area contributed by atoms with Crippen LogP contribution in [0.15, 0.2) is 4.99 Å². The van der Waals surface area contributed by atoms with E-state index in [1.54, 1.807) is 0 Å². The van der Waals surface area contributed by atoms with E-state index < -0.39 is 0 Å². The lowest BCUT2D eigenvalue weighted by atomic mass is 10.0. The number of likely N-dealkylation sites (tertiary alicyclic amines) is 1. The maximum atomic E-state index is 5.68. The Kier molecular flexibility index (Phi) is 8.76. The summed E-state index contributed by atoms with van der Waals surface area (Å²) in [6.45, 7) is 11.3. The van der Waals surface area contributed by atoms with Crippen molar-refractivity contribution in [3.63, 3.8) is 0 Å². The third-order valence-electron chi connectivity index (χ3n) is 4.77. The van der Waals surface area contributed by atoms with Gasteiger partial charge in [-0.25, -0.2) is 0 Å². The van der Waals surface area contributed by atoms with E-state index >= 15 is 0 Å². The predicted molar refractivity (Wildman–Crippen MR) is 97.0 cm³/mol. The largest absolute Gasteiger partial charge is 0.381 e. The molecule has 2 rings (SSSR count). The van der Waals surface area contributed by atoms with Crippen LogP contribution in [0.4, 0.5) is 0 Å². The Morgan fingerprint density at radius 1 is 1.17 bits per heavy atom. The fourth-order valence-corrected chi connectivity index (χ4v) is 3.14. The number of hydrogen-bond donors (Lipinski definition) is 2. The summed E-state index contributed by atoms with van der Waals surface area (Å²) in [5.41, 5.74) is 0. The minimum Gasteiger partial charge on any atom is -0.381 e. The van der Waals surface area contributed by atoms with Crippen molar-refractivity contribution in [2.24, 2.45) is 10.9 Å². The number of rotatable bonds is 10. The predicted octanol–water partition coefficient (Wildman–Crippen LogP) is 2.23. The molecule has 2 fully saturated rings. The van der Waals surface area contributed by atoms with E-state index in [0.29, 0.717) is 6.04 Å². The fraction of sp³-hybridized carbons (Fsp3) is 0.944. The minimum atomic E-state index is 0.617. The molecular weight excluding hydrogens is 288 g/mol. The Morgan fingerprint density at radius 2 is 2.04 bits per heavy atom. The second-order valence-electron chi connectivity index (χ2n) is 6.80. The van der Waals surface area contributed by atoms with E-state index in [2.05, 4.69) is 29.4 Å². The second-order valence-corrected chi connectivity index (χ2v) is 6.80. The SMILES string of the molecule is CCNC(=NCC1CCCCN1CC)NCCCOCC1CC1. The van der Waals surface area contributed by atoms with Gasteiger partial charge in [0, 0.05) is 32.3 Å². The van der Waals surface area contributed by atoms with Crippen molar-refractivity contribution in [1.29, 1.82) is 0 Å². The smallest absolute Gasteiger partial charge is 0.191 e. The summed E-state index contributed by atoms with van der Waals surface area (Å²) in [5, 5.41) is 6.79. The highest BCUT2D eigenvalue weighted by molar-refractivity contribution is 5.79. The van der Waals surface area contributed by atoms with Crippen molar-refractivity contribution < 1.29 is 4.74 Å². The Hall–Kier alpha value is -0.810. The molecule has 1 saturated heterocycles. The van der Waals surface area contributed by atoms with E-state index in [4.69, 9.17) is 9.73 Å². The molecule has 23 heavy (non-hydrogen) atoms. The van der Waals surface area contributed by atoms with E-state index in [1.807, 2.05) is 0 Å². The molecule has 1 saturated carbocycles. The molecule has 0 aromatic heterocycles. The molecule has 134 valence electrons. The highest BCUT2D eigenvalue weighted by Crippen LogP contribution is 2.28. The van der Waals surface area contributed by atoms with E-state index in [-0.39, 0.29) is 0 Å². The van der Waals surface area contributed by atoms with Crippen molar-refractivity contribution in [2.45, 2.75) is 58.4 Å². The lowest BCUT2D eigenvalue weighted by Crippen LogP contribution is -2.43. The topological polar surface area (TPSA) is 48.9 Å². The molecule has 0 amide bonds. The standard InChI is InChI=1S/C18H36N4O/c1-3-19-18(20-11-7-13-23-15-16-9-10-16)21-14-17-8-5-6-12-22(17)4-2/h16-17H,3-15H2,1-2H3,(H2,19,20,21). The molecule has 1 unspecified atom stereocenters. The van der Waals surface area contributed by atoms with Gasteiger partial charge in [-0.05, 0) is 58.0 Å². The zero-order valence-corrected chi connectivity index (χ0v) is 15.1. The monoisotopic (exact) mass is 324 g/mol. The van der Waals surface area contributed by atoms with Gasteiger partial charge >= 0.3 is 0 Å². The van der Waals surface area contributed by atoms with Crippen LogP contribution in [0.2, 0.25) is 0 Å². The number of ether oxygens (including phenoxy) is 1. The lowest BCUT2D eigenvalue weighted by Gasteiger charge is -2.33. The van der Waals surface area contributed by atoms with Crippen molar-refractivity contribution in [2.75, 3.05) is 45.9 Å². The average molecular weight is 325 g/mol. The highest BCUT2D eigenvalue weighted by atomic mass is 16.5. The summed E-state index contributed by atoms with van der Waals surface area (Å²) < 4.78 is 5.68. The fourth-order valence-electron chi connectivity index (χ4n) is 3.14. The summed E-state index contributed by atoms with van der Waals surface area (Å²) in [6.07, 6.45) is 7.75. The van der Waals surface area contributed by atoms with Gasteiger partial charge in [-0.2, -0.15) is 0 Å². The lowest BCUT2D eigenvalue weighted by molar-refractivity contribution is 0.123. The van der Waals surface area contributed by atoms with Gasteiger partial charge in [-0.15, -0.1) is 0 Å². The van der Waals surface area contributed by atoms with Crippen LogP contribution in [0, 0.1) is 5.92 Å². The quantitative estimate of drug-likeness (QED) is 0.368. The summed E-state index contributed by atoms with van der Waals surface area (Å²) in [4.78, 5) is 7.38. The average Bonchev–Trinajstić information content (AvgIpc) is 3.40. The number of nitrogens with zero attached hydrogens (tertiary/aromatic N) is 2. The molecule has 0 radical (unpaired) electrons. The third-order valence-corrected chi connectivity index (χ3v) is 4.77. The van der Waals surface area contributed by atoms with E-state index in [0.717, 1.165) is 57.7 Å². The molecule has 0 bridgehead atoms. The molecule has 5 heteroatoms. The summed E-state index contributed by atoms with van der Waals surface area (Å²) >= 11 is 0. The van der Waals surface area contributed by atoms with Crippen LogP contribution in [-0.4, -0.2) is 62.8 Å². The number of piperidine rings is 1. The highest BCUT2D eigenvalue weighted by Gasteiger charge is 2.21. The van der Waals surface area contributed by atoms with E-state index in [9.17, 15) is 0 Å². The molecule has 0 aromatic carbocycles. The Balaban J connectivity index is 1.63. The molecule has 2 aliphatic rings. The van der Waals surface area contributed by atoms with Crippen LogP contribution in [-0.2, 0) is 4.74 Å². The molecule has 2 N–H and O–H groups in total. The Morgan fingerprint density at radius 3 is 2.78 bits per heavy atom. The molecule has 0 aromatic rings. The molecule has 1 atom stereocenters. The van der Waals surface area contributed by atoms with Gasteiger partial charge in [-0.3, -0.25) is 9.89 Å². The van der Waals surface area contributed by atoms with Gasteiger partial charge in [0.25, 0.3) is 0 Å². The van der Waals surface area contributed by atoms with Crippen molar-refractivity contribution in [3.8, 4) is 0 Å². The molecular formula is C18H36N4O. The van der Waals surface area contributed by atoms with Crippen LogP contribution in [0.3, 0.4) is 0 Å². The number of guanidine groups is 1. The van der Waals surface area contributed by atoms with Crippen LogP contribution in [0.5, 0.6) is 0 Å². The summed E-state index contributed by atoms with van der Waals surface area (Å²) in [5.74, 6) is 1.81. The summed E-state index contributed by atoms with van der Waals surface area (Å²) in [6, 6.07) is 0.617. The number of hydrogen-bond acceptors (Lipinski definition) is 3.